The molecule has 2 aromatic heterocycles. The number of hydrogen-bond donors (Lipinski definition) is 0. The van der Waals surface area contributed by atoms with Crippen molar-refractivity contribution in [2.75, 3.05) is 7.11 Å². The normalized spacial score (nSPS) is 16.0. The van der Waals surface area contributed by atoms with Crippen LogP contribution >= 0.6 is 23.1 Å². The van der Waals surface area contributed by atoms with Gasteiger partial charge < -0.3 is 14.6 Å². The monoisotopic (exact) mass is 385 g/mol. The molecular formula is C17H13N4O3S2-. The third-order valence-electron chi connectivity index (χ3n) is 3.85. The van der Waals surface area contributed by atoms with Crippen LogP contribution in [-0.2, 0) is 4.79 Å². The smallest absolute Gasteiger partial charge is 0.213 e. The number of rotatable bonds is 5. The maximum absolute atomic E-state index is 11.2. The van der Waals surface area contributed by atoms with Gasteiger partial charge in [0.15, 0.2) is 5.82 Å². The Morgan fingerprint density at radius 1 is 1.27 bits per heavy atom. The lowest BCUT2D eigenvalue weighted by molar-refractivity contribution is -0.305. The van der Waals surface area contributed by atoms with Crippen LogP contribution in [-0.4, -0.2) is 38.9 Å². The van der Waals surface area contributed by atoms with Crippen LogP contribution in [0.1, 0.15) is 11.3 Å². The lowest BCUT2D eigenvalue weighted by atomic mass is 10.1. The van der Waals surface area contributed by atoms with E-state index in [1.54, 1.807) is 11.8 Å². The number of carboxylic acids is 1. The van der Waals surface area contributed by atoms with E-state index >= 15 is 0 Å². The fourth-order valence-electron chi connectivity index (χ4n) is 2.63. The summed E-state index contributed by atoms with van der Waals surface area (Å²) in [6, 6.07) is 11.3. The maximum atomic E-state index is 11.2. The molecule has 0 saturated heterocycles. The van der Waals surface area contributed by atoms with Gasteiger partial charge in [-0.2, -0.15) is 9.78 Å². The van der Waals surface area contributed by atoms with Crippen LogP contribution in [0.15, 0.2) is 52.0 Å². The third-order valence-corrected chi connectivity index (χ3v) is 5.88. The summed E-state index contributed by atoms with van der Waals surface area (Å²) in [5.41, 5.74) is 1.54. The molecule has 1 aliphatic rings. The summed E-state index contributed by atoms with van der Waals surface area (Å²) in [7, 11) is 1.61. The summed E-state index contributed by atoms with van der Waals surface area (Å²) in [5.74, 6) is 0.226. The molecule has 0 amide bonds. The van der Waals surface area contributed by atoms with Gasteiger partial charge in [0.1, 0.15) is 5.75 Å². The molecule has 3 aromatic rings. The number of carbonyl (C=O) groups is 1. The molecule has 132 valence electrons. The van der Waals surface area contributed by atoms with E-state index in [2.05, 4.69) is 15.3 Å². The van der Waals surface area contributed by atoms with E-state index in [0.29, 0.717) is 16.7 Å². The van der Waals surface area contributed by atoms with Gasteiger partial charge in [0.25, 0.3) is 0 Å². The fraction of sp³-hybridized carbons (Fsp3) is 0.176. The van der Waals surface area contributed by atoms with Crippen molar-refractivity contribution in [2.24, 2.45) is 5.10 Å². The molecule has 3 heterocycles. The quantitative estimate of drug-likeness (QED) is 0.666. The van der Waals surface area contributed by atoms with Crippen molar-refractivity contribution in [1.82, 2.24) is 14.9 Å². The first-order chi connectivity index (χ1) is 12.7. The van der Waals surface area contributed by atoms with Gasteiger partial charge in [-0.1, -0.05) is 17.8 Å². The minimum atomic E-state index is -1.12. The number of hydrogen-bond acceptors (Lipinski definition) is 8. The molecule has 0 saturated carbocycles. The second-order valence-corrected chi connectivity index (χ2v) is 7.61. The van der Waals surface area contributed by atoms with E-state index in [4.69, 9.17) is 4.74 Å². The number of thiophene rings is 1. The first kappa shape index (κ1) is 16.8. The van der Waals surface area contributed by atoms with E-state index in [-0.39, 0.29) is 11.7 Å². The Hall–Kier alpha value is -2.65. The van der Waals surface area contributed by atoms with Crippen LogP contribution in [0.5, 0.6) is 5.75 Å². The lowest BCUT2D eigenvalue weighted by Crippen LogP contribution is -2.32. The molecule has 0 radical (unpaired) electrons. The molecule has 1 aromatic carbocycles. The van der Waals surface area contributed by atoms with Crippen molar-refractivity contribution in [3.05, 3.63) is 46.7 Å². The van der Waals surface area contributed by atoms with E-state index in [1.807, 2.05) is 41.8 Å². The van der Waals surface area contributed by atoms with E-state index < -0.39 is 5.97 Å². The second-order valence-electron chi connectivity index (χ2n) is 5.49. The van der Waals surface area contributed by atoms with Crippen LogP contribution in [0.2, 0.25) is 0 Å². The molecule has 9 heteroatoms. The predicted molar refractivity (Wildman–Crippen MR) is 97.5 cm³/mol. The largest absolute Gasteiger partial charge is 0.550 e. The van der Waals surface area contributed by atoms with Gasteiger partial charge in [-0.25, -0.2) is 0 Å². The molecular weight excluding hydrogens is 372 g/mol. The van der Waals surface area contributed by atoms with Crippen LogP contribution in [0.4, 0.5) is 0 Å². The number of aliphatic carboxylic acids is 1. The van der Waals surface area contributed by atoms with Gasteiger partial charge in [0, 0.05) is 18.0 Å². The fourth-order valence-corrected chi connectivity index (χ4v) is 4.54. The molecule has 0 aliphatic carbocycles. The first-order valence-electron chi connectivity index (χ1n) is 7.75. The lowest BCUT2D eigenvalue weighted by Gasteiger charge is -2.22. The number of aromatic nitrogens is 3. The molecule has 26 heavy (non-hydrogen) atoms. The molecule has 4 rings (SSSR count). The van der Waals surface area contributed by atoms with E-state index in [1.165, 1.54) is 23.1 Å². The highest BCUT2D eigenvalue weighted by molar-refractivity contribution is 8.00. The van der Waals surface area contributed by atoms with E-state index in [0.717, 1.165) is 16.2 Å². The Morgan fingerprint density at radius 2 is 2.08 bits per heavy atom. The maximum Gasteiger partial charge on any atom is 0.213 e. The Balaban J connectivity index is 1.78. The van der Waals surface area contributed by atoms with Crippen LogP contribution in [0.3, 0.4) is 0 Å². The zero-order valence-corrected chi connectivity index (χ0v) is 15.3. The average molecular weight is 385 g/mol. The molecule has 7 nitrogen and oxygen atoms in total. The zero-order valence-electron chi connectivity index (χ0n) is 13.7. The summed E-state index contributed by atoms with van der Waals surface area (Å²) in [6.07, 6.45) is -0.133. The summed E-state index contributed by atoms with van der Waals surface area (Å²) in [4.78, 5) is 12.1. The molecule has 1 aliphatic heterocycles. The predicted octanol–water partition coefficient (Wildman–Crippen LogP) is 1.88. The van der Waals surface area contributed by atoms with Gasteiger partial charge in [0.2, 0.25) is 5.16 Å². The molecule has 0 spiro atoms. The SMILES string of the molecule is COc1ccc(-c2nnc3n2N=C(c2cccs2)[C@@H](CC(=O)[O-])S3)cc1. The Morgan fingerprint density at radius 3 is 2.73 bits per heavy atom. The van der Waals surface area contributed by atoms with Crippen molar-refractivity contribution in [3.63, 3.8) is 0 Å². The minimum absolute atomic E-state index is 0.133. The van der Waals surface area contributed by atoms with Gasteiger partial charge in [-0.05, 0) is 35.7 Å². The third kappa shape index (κ3) is 3.11. The van der Waals surface area contributed by atoms with Gasteiger partial charge in [-0.3, -0.25) is 0 Å². The van der Waals surface area contributed by atoms with Gasteiger partial charge in [-0.15, -0.1) is 21.5 Å². The molecule has 0 unspecified atom stereocenters. The van der Waals surface area contributed by atoms with Crippen LogP contribution < -0.4 is 9.84 Å². The summed E-state index contributed by atoms with van der Waals surface area (Å²) >= 11 is 2.85. The van der Waals surface area contributed by atoms with Gasteiger partial charge in [0.05, 0.1) is 22.9 Å². The number of benzene rings is 1. The molecule has 0 N–H and O–H groups in total. The number of nitrogens with zero attached hydrogens (tertiary/aromatic N) is 4. The highest BCUT2D eigenvalue weighted by atomic mass is 32.2. The Bertz CT molecular complexity index is 965. The summed E-state index contributed by atoms with van der Waals surface area (Å²) < 4.78 is 6.84. The van der Waals surface area contributed by atoms with Crippen molar-refractivity contribution >= 4 is 34.8 Å². The van der Waals surface area contributed by atoms with Crippen molar-refractivity contribution in [1.29, 1.82) is 0 Å². The minimum Gasteiger partial charge on any atom is -0.550 e. The van der Waals surface area contributed by atoms with E-state index in [9.17, 15) is 9.90 Å². The van der Waals surface area contributed by atoms with Crippen LogP contribution in [0, 0.1) is 0 Å². The standard InChI is InChI=1S/C17H14N4O3S2/c1-24-11-6-4-10(5-7-11)16-18-19-17-21(16)20-15(12-3-2-8-25-12)13(26-17)9-14(22)23/h2-8,13H,9H2,1H3,(H,22,23)/p-1/t13-/m1/s1. The summed E-state index contributed by atoms with van der Waals surface area (Å²) in [5, 5.41) is 26.4. The topological polar surface area (TPSA) is 92.4 Å². The first-order valence-corrected chi connectivity index (χ1v) is 9.50. The second kappa shape index (κ2) is 6.93. The summed E-state index contributed by atoms with van der Waals surface area (Å²) in [6.45, 7) is 0. The number of ether oxygens (including phenoxy) is 1. The van der Waals surface area contributed by atoms with Crippen molar-refractivity contribution in [3.8, 4) is 17.1 Å². The van der Waals surface area contributed by atoms with Crippen molar-refractivity contribution in [2.45, 2.75) is 16.8 Å². The van der Waals surface area contributed by atoms with Gasteiger partial charge >= 0.3 is 0 Å². The van der Waals surface area contributed by atoms with Crippen molar-refractivity contribution < 1.29 is 14.6 Å². The molecule has 1 atom stereocenters. The highest BCUT2D eigenvalue weighted by Crippen LogP contribution is 2.35. The highest BCUT2D eigenvalue weighted by Gasteiger charge is 2.29. The number of carbonyl (C=O) groups excluding carboxylic acids is 1. The Kier molecular flexibility index (Phi) is 4.48. The van der Waals surface area contributed by atoms with Crippen LogP contribution in [0.25, 0.3) is 11.4 Å². The average Bonchev–Trinajstić information content (AvgIpc) is 3.30. The number of methoxy groups -OCH3 is 1. The number of fused-ring (bicyclic) bond motifs is 1. The molecule has 0 bridgehead atoms. The number of carboxylic acid groups (broad SMARTS) is 1. The molecule has 0 fully saturated rings. The Labute approximate surface area is 157 Å². The number of thioether (sulfide) groups is 1. The zero-order chi connectivity index (χ0) is 18.1.